The summed E-state index contributed by atoms with van der Waals surface area (Å²) in [4.78, 5) is 11.2. The van der Waals surface area contributed by atoms with Gasteiger partial charge in [0.15, 0.2) is 0 Å². The molecule has 1 rings (SSSR count). The Bertz CT molecular complexity index is 218. The maximum Gasteiger partial charge on any atom is 0.141 e. The van der Waals surface area contributed by atoms with E-state index in [0.29, 0.717) is 13.0 Å². The van der Waals surface area contributed by atoms with Crippen LogP contribution in [0.5, 0.6) is 0 Å². The second kappa shape index (κ2) is 2.91. The first-order valence-electron chi connectivity index (χ1n) is 3.81. The molecule has 0 bridgehead atoms. The van der Waals surface area contributed by atoms with Crippen LogP contribution in [0.1, 0.15) is 13.3 Å². The molecule has 1 unspecified atom stereocenters. The normalized spacial score (nSPS) is 23.5. The zero-order valence-corrected chi connectivity index (χ0v) is 6.81. The Kier molecular flexibility index (Phi) is 2.13. The number of rotatable bonds is 2. The molecule has 2 heteroatoms. The molecule has 1 N–H and O–H groups in total. The number of allylic oxidation sites excluding steroid dienone is 1. The molecule has 1 fully saturated rings. The molecule has 1 saturated heterocycles. The molecular weight excluding hydrogens is 138 g/mol. The molecule has 2 nitrogen and oxygen atoms in total. The van der Waals surface area contributed by atoms with Crippen molar-refractivity contribution in [3.8, 4) is 0 Å². The van der Waals surface area contributed by atoms with Gasteiger partial charge in [0.05, 0.1) is 5.92 Å². The average Bonchev–Trinajstić information content (AvgIpc) is 2.32. The fourth-order valence-electron chi connectivity index (χ4n) is 1.23. The van der Waals surface area contributed by atoms with Crippen LogP contribution in [0.15, 0.2) is 24.4 Å². The van der Waals surface area contributed by atoms with Gasteiger partial charge in [0.25, 0.3) is 0 Å². The highest BCUT2D eigenvalue weighted by molar-refractivity contribution is 5.85. The topological polar surface area (TPSA) is 29.1 Å². The lowest BCUT2D eigenvalue weighted by Gasteiger charge is -2.04. The summed E-state index contributed by atoms with van der Waals surface area (Å²) in [7, 11) is 0. The van der Waals surface area contributed by atoms with Gasteiger partial charge < -0.3 is 5.32 Å². The number of hydrogen-bond donors (Lipinski definition) is 1. The van der Waals surface area contributed by atoms with E-state index < -0.39 is 0 Å². The molecule has 11 heavy (non-hydrogen) atoms. The summed E-state index contributed by atoms with van der Waals surface area (Å²) in [6.07, 6.45) is 0.582. The molecular formula is C9H13NO. The van der Waals surface area contributed by atoms with Gasteiger partial charge in [-0.25, -0.2) is 0 Å². The summed E-state index contributed by atoms with van der Waals surface area (Å²) < 4.78 is 0. The van der Waals surface area contributed by atoms with Crippen LogP contribution in [0.4, 0.5) is 0 Å². The van der Waals surface area contributed by atoms with Crippen LogP contribution < -0.4 is 5.32 Å². The summed E-state index contributed by atoms with van der Waals surface area (Å²) >= 11 is 0. The van der Waals surface area contributed by atoms with Gasteiger partial charge in [-0.2, -0.15) is 0 Å². The molecule has 0 saturated carbocycles. The van der Waals surface area contributed by atoms with E-state index >= 15 is 0 Å². The van der Waals surface area contributed by atoms with Gasteiger partial charge in [-0.05, 0) is 5.57 Å². The maximum atomic E-state index is 11.2. The van der Waals surface area contributed by atoms with Gasteiger partial charge in [-0.1, -0.05) is 20.1 Å². The van der Waals surface area contributed by atoms with Crippen LogP contribution >= 0.6 is 0 Å². The number of carbonyl (C=O) groups excluding carboxylic acids is 1. The monoisotopic (exact) mass is 151 g/mol. The summed E-state index contributed by atoms with van der Waals surface area (Å²) in [5.41, 5.74) is 1.67. The zero-order chi connectivity index (χ0) is 8.43. The van der Waals surface area contributed by atoms with E-state index in [1.807, 2.05) is 6.92 Å². The van der Waals surface area contributed by atoms with Crippen molar-refractivity contribution in [1.29, 1.82) is 0 Å². The number of hydrogen-bond acceptors (Lipinski definition) is 2. The number of carbonyl (C=O) groups is 1. The fourth-order valence-corrected chi connectivity index (χ4v) is 1.23. The molecule has 0 radical (unpaired) electrons. The first-order valence-corrected chi connectivity index (χ1v) is 3.81. The van der Waals surface area contributed by atoms with Crippen molar-refractivity contribution >= 4 is 5.78 Å². The largest absolute Gasteiger partial charge is 0.384 e. The van der Waals surface area contributed by atoms with E-state index in [0.717, 1.165) is 11.3 Å². The maximum absolute atomic E-state index is 11.2. The highest BCUT2D eigenvalue weighted by Gasteiger charge is 2.26. The summed E-state index contributed by atoms with van der Waals surface area (Å²) in [5.74, 6) is 0.230. The van der Waals surface area contributed by atoms with Gasteiger partial charge in [-0.3, -0.25) is 4.79 Å². The highest BCUT2D eigenvalue weighted by Crippen LogP contribution is 2.22. The Balaban J connectivity index is 2.69. The minimum atomic E-state index is -0.0208. The minimum absolute atomic E-state index is 0.0208. The van der Waals surface area contributed by atoms with Crippen LogP contribution in [-0.2, 0) is 4.79 Å². The summed E-state index contributed by atoms with van der Waals surface area (Å²) in [6, 6.07) is 0. The van der Waals surface area contributed by atoms with Crippen molar-refractivity contribution < 1.29 is 4.79 Å². The predicted molar refractivity (Wildman–Crippen MR) is 45.1 cm³/mol. The first-order chi connectivity index (χ1) is 5.16. The molecule has 1 atom stereocenters. The quantitative estimate of drug-likeness (QED) is 0.643. The predicted octanol–water partition coefficient (Wildman–Crippen LogP) is 1.25. The van der Waals surface area contributed by atoms with Crippen LogP contribution in [-0.4, -0.2) is 12.3 Å². The molecule has 60 valence electrons. The van der Waals surface area contributed by atoms with E-state index in [-0.39, 0.29) is 11.7 Å². The van der Waals surface area contributed by atoms with Crippen molar-refractivity contribution in [2.24, 2.45) is 5.92 Å². The van der Waals surface area contributed by atoms with Gasteiger partial charge in [-0.15, -0.1) is 0 Å². The van der Waals surface area contributed by atoms with Crippen molar-refractivity contribution in [2.75, 3.05) is 6.54 Å². The molecule has 1 heterocycles. The third-order valence-electron chi connectivity index (χ3n) is 2.06. The second-order valence-corrected chi connectivity index (χ2v) is 2.76. The lowest BCUT2D eigenvalue weighted by atomic mass is 9.97. The van der Waals surface area contributed by atoms with E-state index in [2.05, 4.69) is 18.5 Å². The van der Waals surface area contributed by atoms with E-state index in [4.69, 9.17) is 0 Å². The Morgan fingerprint density at radius 2 is 2.36 bits per heavy atom. The van der Waals surface area contributed by atoms with Crippen LogP contribution in [0.3, 0.4) is 0 Å². The molecule has 1 aliphatic rings. The molecule has 0 aromatic rings. The third-order valence-corrected chi connectivity index (χ3v) is 2.06. The Morgan fingerprint density at radius 1 is 1.73 bits per heavy atom. The Morgan fingerprint density at radius 3 is 2.73 bits per heavy atom. The standard InChI is InChI=1S/C9H13NO/c1-4-9(11)8-5-10-7(3)6(8)2/h8,10H,2-5H2,1H3. The Labute approximate surface area is 67.0 Å². The van der Waals surface area contributed by atoms with Crippen LogP contribution in [0, 0.1) is 5.92 Å². The zero-order valence-electron chi connectivity index (χ0n) is 6.81. The molecule has 0 amide bonds. The molecule has 0 aromatic carbocycles. The lowest BCUT2D eigenvalue weighted by Crippen LogP contribution is -2.17. The first kappa shape index (κ1) is 8.05. The minimum Gasteiger partial charge on any atom is -0.384 e. The van der Waals surface area contributed by atoms with Crippen molar-refractivity contribution in [3.05, 3.63) is 24.4 Å². The number of nitrogens with one attached hydrogen (secondary N) is 1. The molecule has 0 spiro atoms. The lowest BCUT2D eigenvalue weighted by molar-refractivity contribution is -0.120. The third kappa shape index (κ3) is 1.34. The highest BCUT2D eigenvalue weighted by atomic mass is 16.1. The number of Topliss-reactive ketones (excluding diaryl/α,β-unsaturated/α-hetero) is 1. The van der Waals surface area contributed by atoms with E-state index in [1.54, 1.807) is 0 Å². The number of ketones is 1. The second-order valence-electron chi connectivity index (χ2n) is 2.76. The van der Waals surface area contributed by atoms with Gasteiger partial charge in [0.1, 0.15) is 5.78 Å². The fraction of sp³-hybridized carbons (Fsp3) is 0.444. The SMILES string of the molecule is C=C1NCC(C(=O)CC)C1=C. The molecule has 0 aromatic heterocycles. The van der Waals surface area contributed by atoms with E-state index in [1.165, 1.54) is 0 Å². The summed E-state index contributed by atoms with van der Waals surface area (Å²) in [6.45, 7) is 10.1. The van der Waals surface area contributed by atoms with Crippen molar-refractivity contribution in [1.82, 2.24) is 5.32 Å². The van der Waals surface area contributed by atoms with Gasteiger partial charge >= 0.3 is 0 Å². The molecule has 0 aliphatic carbocycles. The molecule has 1 aliphatic heterocycles. The van der Waals surface area contributed by atoms with Gasteiger partial charge in [0, 0.05) is 18.7 Å². The van der Waals surface area contributed by atoms with Crippen LogP contribution in [0.2, 0.25) is 0 Å². The van der Waals surface area contributed by atoms with Crippen LogP contribution in [0.25, 0.3) is 0 Å². The van der Waals surface area contributed by atoms with Crippen molar-refractivity contribution in [2.45, 2.75) is 13.3 Å². The average molecular weight is 151 g/mol. The van der Waals surface area contributed by atoms with Crippen molar-refractivity contribution in [3.63, 3.8) is 0 Å². The summed E-state index contributed by atoms with van der Waals surface area (Å²) in [5, 5.41) is 3.02. The van der Waals surface area contributed by atoms with Gasteiger partial charge in [0.2, 0.25) is 0 Å². The van der Waals surface area contributed by atoms with E-state index in [9.17, 15) is 4.79 Å². The Hall–Kier alpha value is -1.05. The smallest absolute Gasteiger partial charge is 0.141 e.